The van der Waals surface area contributed by atoms with E-state index in [1.807, 2.05) is 0 Å². The van der Waals surface area contributed by atoms with Gasteiger partial charge in [0.05, 0.1) is 24.4 Å². The Morgan fingerprint density at radius 1 is 0.875 bits per heavy atom. The van der Waals surface area contributed by atoms with Gasteiger partial charge in [0.15, 0.2) is 0 Å². The van der Waals surface area contributed by atoms with E-state index in [2.05, 4.69) is 0 Å². The van der Waals surface area contributed by atoms with Crippen molar-refractivity contribution in [2.75, 3.05) is 7.11 Å². The predicted octanol–water partition coefficient (Wildman–Crippen LogP) is 2.26. The van der Waals surface area contributed by atoms with Crippen LogP contribution < -0.4 is 0 Å². The smallest absolute Gasteiger partial charge is 0.0603 e. The molecular weight excluding hydrogens is 204 g/mol. The molecule has 1 N–H and O–H groups in total. The minimum Gasteiger partial charge on any atom is -0.393 e. The minimum atomic E-state index is -0.0853. The third-order valence-corrected chi connectivity index (χ3v) is 3.94. The lowest BCUT2D eigenvalue weighted by molar-refractivity contribution is -0.0842. The molecule has 3 heteroatoms. The molecule has 0 aromatic heterocycles. The summed E-state index contributed by atoms with van der Waals surface area (Å²) in [5.74, 6) is 0. The van der Waals surface area contributed by atoms with Crippen molar-refractivity contribution in [2.45, 2.75) is 75.8 Å². The standard InChI is InChI=1S/C13H24O3/c1-15-12-3-2-4-13(9-12)16-11-7-5-10(14)6-8-11/h10-14H,2-9H2,1H3. The zero-order valence-electron chi connectivity index (χ0n) is 10.2. The molecule has 16 heavy (non-hydrogen) atoms. The molecule has 0 aromatic rings. The third kappa shape index (κ3) is 3.44. The molecule has 3 nitrogen and oxygen atoms in total. The molecule has 0 aliphatic heterocycles. The van der Waals surface area contributed by atoms with Gasteiger partial charge in [0.25, 0.3) is 0 Å². The Hall–Kier alpha value is -0.120. The first-order valence-electron chi connectivity index (χ1n) is 6.64. The Balaban J connectivity index is 1.72. The largest absolute Gasteiger partial charge is 0.393 e. The van der Waals surface area contributed by atoms with E-state index in [1.54, 1.807) is 7.11 Å². The van der Waals surface area contributed by atoms with E-state index in [4.69, 9.17) is 9.47 Å². The van der Waals surface area contributed by atoms with Crippen LogP contribution in [-0.2, 0) is 9.47 Å². The molecule has 2 atom stereocenters. The first-order chi connectivity index (χ1) is 7.78. The van der Waals surface area contributed by atoms with Crippen LogP contribution in [0.5, 0.6) is 0 Å². The van der Waals surface area contributed by atoms with Crippen LogP contribution in [0.4, 0.5) is 0 Å². The molecule has 2 aliphatic rings. The van der Waals surface area contributed by atoms with Crippen LogP contribution >= 0.6 is 0 Å². The number of aliphatic hydroxyl groups is 1. The van der Waals surface area contributed by atoms with Crippen molar-refractivity contribution < 1.29 is 14.6 Å². The van der Waals surface area contributed by atoms with Crippen molar-refractivity contribution in [1.29, 1.82) is 0 Å². The SMILES string of the molecule is COC1CCCC(OC2CCC(O)CC2)C1. The van der Waals surface area contributed by atoms with Crippen molar-refractivity contribution in [3.05, 3.63) is 0 Å². The highest BCUT2D eigenvalue weighted by Gasteiger charge is 2.27. The number of rotatable bonds is 3. The molecule has 2 aliphatic carbocycles. The van der Waals surface area contributed by atoms with Gasteiger partial charge in [-0.25, -0.2) is 0 Å². The summed E-state index contributed by atoms with van der Waals surface area (Å²) in [6, 6.07) is 0. The van der Waals surface area contributed by atoms with Crippen molar-refractivity contribution >= 4 is 0 Å². The molecule has 0 radical (unpaired) electrons. The van der Waals surface area contributed by atoms with E-state index in [1.165, 1.54) is 19.3 Å². The first kappa shape index (κ1) is 12.3. The molecule has 0 spiro atoms. The van der Waals surface area contributed by atoms with Gasteiger partial charge in [0, 0.05) is 7.11 Å². The van der Waals surface area contributed by atoms with Crippen LogP contribution in [0.1, 0.15) is 51.4 Å². The van der Waals surface area contributed by atoms with Crippen LogP contribution in [0.15, 0.2) is 0 Å². The maximum Gasteiger partial charge on any atom is 0.0603 e. The fourth-order valence-electron chi connectivity index (χ4n) is 2.89. The topological polar surface area (TPSA) is 38.7 Å². The zero-order chi connectivity index (χ0) is 11.4. The van der Waals surface area contributed by atoms with Gasteiger partial charge in [-0.3, -0.25) is 0 Å². The van der Waals surface area contributed by atoms with Gasteiger partial charge >= 0.3 is 0 Å². The Morgan fingerprint density at radius 2 is 1.56 bits per heavy atom. The summed E-state index contributed by atoms with van der Waals surface area (Å²) in [7, 11) is 1.80. The van der Waals surface area contributed by atoms with Gasteiger partial charge in [-0.2, -0.15) is 0 Å². The maximum atomic E-state index is 9.44. The van der Waals surface area contributed by atoms with Gasteiger partial charge in [-0.1, -0.05) is 0 Å². The Kier molecular flexibility index (Phi) is 4.62. The van der Waals surface area contributed by atoms with Crippen molar-refractivity contribution in [3.63, 3.8) is 0 Å². The number of hydrogen-bond acceptors (Lipinski definition) is 3. The number of ether oxygens (including phenoxy) is 2. The Labute approximate surface area is 98.1 Å². The molecule has 0 amide bonds. The fourth-order valence-corrected chi connectivity index (χ4v) is 2.89. The van der Waals surface area contributed by atoms with E-state index < -0.39 is 0 Å². The highest BCUT2D eigenvalue weighted by molar-refractivity contribution is 4.77. The number of aliphatic hydroxyl groups excluding tert-OH is 1. The molecule has 0 aromatic carbocycles. The van der Waals surface area contributed by atoms with E-state index in [9.17, 15) is 5.11 Å². The summed E-state index contributed by atoms with van der Waals surface area (Å²) >= 11 is 0. The van der Waals surface area contributed by atoms with Crippen molar-refractivity contribution in [1.82, 2.24) is 0 Å². The Morgan fingerprint density at radius 3 is 2.25 bits per heavy atom. The van der Waals surface area contributed by atoms with Gasteiger partial charge < -0.3 is 14.6 Å². The molecule has 2 fully saturated rings. The third-order valence-electron chi connectivity index (χ3n) is 3.94. The van der Waals surface area contributed by atoms with Crippen LogP contribution in [0.2, 0.25) is 0 Å². The highest BCUT2D eigenvalue weighted by atomic mass is 16.5. The highest BCUT2D eigenvalue weighted by Crippen LogP contribution is 2.28. The van der Waals surface area contributed by atoms with Crippen molar-refractivity contribution in [3.8, 4) is 0 Å². The van der Waals surface area contributed by atoms with E-state index >= 15 is 0 Å². The van der Waals surface area contributed by atoms with Gasteiger partial charge in [-0.05, 0) is 51.4 Å². The molecule has 0 heterocycles. The summed E-state index contributed by atoms with van der Waals surface area (Å²) in [6.45, 7) is 0. The van der Waals surface area contributed by atoms with Gasteiger partial charge in [0.1, 0.15) is 0 Å². The summed E-state index contributed by atoms with van der Waals surface area (Å²) in [5, 5.41) is 9.44. The average Bonchev–Trinajstić information content (AvgIpc) is 2.32. The quantitative estimate of drug-likeness (QED) is 0.805. The average molecular weight is 228 g/mol. The van der Waals surface area contributed by atoms with Crippen molar-refractivity contribution in [2.24, 2.45) is 0 Å². The number of methoxy groups -OCH3 is 1. The lowest BCUT2D eigenvalue weighted by Crippen LogP contribution is -2.33. The molecule has 2 unspecified atom stereocenters. The lowest BCUT2D eigenvalue weighted by Gasteiger charge is -2.33. The molecule has 94 valence electrons. The van der Waals surface area contributed by atoms with Crippen LogP contribution in [0.25, 0.3) is 0 Å². The lowest BCUT2D eigenvalue weighted by atomic mass is 9.92. The van der Waals surface area contributed by atoms with Crippen LogP contribution in [-0.4, -0.2) is 36.6 Å². The molecule has 0 bridgehead atoms. The fraction of sp³-hybridized carbons (Fsp3) is 1.00. The minimum absolute atomic E-state index is 0.0853. The first-order valence-corrected chi connectivity index (χ1v) is 6.64. The second-order valence-corrected chi connectivity index (χ2v) is 5.21. The second kappa shape index (κ2) is 5.99. The van der Waals surface area contributed by atoms with E-state index in [0.29, 0.717) is 18.3 Å². The van der Waals surface area contributed by atoms with Gasteiger partial charge in [-0.15, -0.1) is 0 Å². The second-order valence-electron chi connectivity index (χ2n) is 5.21. The zero-order valence-corrected chi connectivity index (χ0v) is 10.2. The monoisotopic (exact) mass is 228 g/mol. The molecule has 2 saturated carbocycles. The predicted molar refractivity (Wildman–Crippen MR) is 62.4 cm³/mol. The normalized spacial score (nSPS) is 40.9. The summed E-state index contributed by atoms with van der Waals surface area (Å²) in [4.78, 5) is 0. The molecule has 2 rings (SSSR count). The van der Waals surface area contributed by atoms with Crippen LogP contribution in [0, 0.1) is 0 Å². The summed E-state index contributed by atoms with van der Waals surface area (Å²) in [5.41, 5.74) is 0. The maximum absolute atomic E-state index is 9.44. The van der Waals surface area contributed by atoms with Crippen LogP contribution in [0.3, 0.4) is 0 Å². The summed E-state index contributed by atoms with van der Waals surface area (Å²) < 4.78 is 11.5. The summed E-state index contributed by atoms with van der Waals surface area (Å²) in [6.07, 6.45) is 9.57. The van der Waals surface area contributed by atoms with Gasteiger partial charge in [0.2, 0.25) is 0 Å². The number of hydrogen-bond donors (Lipinski definition) is 1. The van der Waals surface area contributed by atoms with E-state index in [-0.39, 0.29) is 6.10 Å². The molecule has 0 saturated heterocycles. The van der Waals surface area contributed by atoms with E-state index in [0.717, 1.165) is 32.1 Å². The Bertz CT molecular complexity index is 199. The molecular formula is C13H24O3.